The fourth-order valence-corrected chi connectivity index (χ4v) is 3.56. The van der Waals surface area contributed by atoms with Crippen molar-refractivity contribution >= 4 is 10.9 Å². The van der Waals surface area contributed by atoms with E-state index in [9.17, 15) is 0 Å². The third-order valence-corrected chi connectivity index (χ3v) is 4.78. The molecule has 0 aliphatic carbocycles. The molecule has 2 atom stereocenters. The van der Waals surface area contributed by atoms with Crippen molar-refractivity contribution in [3.8, 4) is 0 Å². The Bertz CT molecular complexity index is 798. The number of nitrogens with one attached hydrogen (secondary N) is 1. The van der Waals surface area contributed by atoms with E-state index in [4.69, 9.17) is 4.74 Å². The number of nitrogens with zero attached hydrogens (tertiary/aromatic N) is 1. The van der Waals surface area contributed by atoms with E-state index in [0.717, 1.165) is 31.6 Å². The third-order valence-electron chi connectivity index (χ3n) is 4.78. The summed E-state index contributed by atoms with van der Waals surface area (Å²) >= 11 is 0. The smallest absolute Gasteiger partial charge is 0.0866 e. The maximum atomic E-state index is 5.97. The highest BCUT2D eigenvalue weighted by Gasteiger charge is 2.29. The Morgan fingerprint density at radius 2 is 1.88 bits per heavy atom. The molecule has 1 saturated heterocycles. The van der Waals surface area contributed by atoms with Crippen LogP contribution in [-0.4, -0.2) is 18.1 Å². The number of para-hydroxylation sites is 1. The zero-order chi connectivity index (χ0) is 16.2. The van der Waals surface area contributed by atoms with Gasteiger partial charge in [-0.3, -0.25) is 4.98 Å². The van der Waals surface area contributed by atoms with Crippen LogP contribution < -0.4 is 5.32 Å². The van der Waals surface area contributed by atoms with E-state index in [1.165, 1.54) is 16.5 Å². The first kappa shape index (κ1) is 15.3. The van der Waals surface area contributed by atoms with Crippen LogP contribution in [-0.2, 0) is 11.3 Å². The molecule has 2 heterocycles. The topological polar surface area (TPSA) is 34.1 Å². The van der Waals surface area contributed by atoms with Gasteiger partial charge in [-0.2, -0.15) is 0 Å². The lowest BCUT2D eigenvalue weighted by Gasteiger charge is -2.19. The third kappa shape index (κ3) is 3.18. The molecular formula is C21H22N2O. The van der Waals surface area contributed by atoms with Crippen LogP contribution in [0, 0.1) is 5.92 Å². The highest BCUT2D eigenvalue weighted by Crippen LogP contribution is 2.33. The van der Waals surface area contributed by atoms with Crippen molar-refractivity contribution in [3.63, 3.8) is 0 Å². The summed E-state index contributed by atoms with van der Waals surface area (Å²) in [6.45, 7) is 2.65. The molecule has 0 bridgehead atoms. The van der Waals surface area contributed by atoms with E-state index in [-0.39, 0.29) is 6.10 Å². The van der Waals surface area contributed by atoms with Crippen molar-refractivity contribution in [3.05, 3.63) is 78.0 Å². The molecule has 3 aromatic rings. The van der Waals surface area contributed by atoms with Gasteiger partial charge in [-0.1, -0.05) is 54.6 Å². The Morgan fingerprint density at radius 3 is 2.79 bits per heavy atom. The van der Waals surface area contributed by atoms with E-state index < -0.39 is 0 Å². The lowest BCUT2D eigenvalue weighted by atomic mass is 9.95. The van der Waals surface area contributed by atoms with Crippen molar-refractivity contribution in [2.75, 3.05) is 13.2 Å². The maximum Gasteiger partial charge on any atom is 0.0866 e. The van der Waals surface area contributed by atoms with E-state index in [1.807, 2.05) is 12.3 Å². The van der Waals surface area contributed by atoms with Gasteiger partial charge in [0.05, 0.1) is 11.6 Å². The average molecular weight is 318 g/mol. The molecule has 1 aliphatic heterocycles. The Hall–Kier alpha value is -2.23. The summed E-state index contributed by atoms with van der Waals surface area (Å²) in [6.07, 6.45) is 3.19. The molecule has 0 amide bonds. The molecule has 3 nitrogen and oxygen atoms in total. The van der Waals surface area contributed by atoms with Crippen LogP contribution in [0.3, 0.4) is 0 Å². The van der Waals surface area contributed by atoms with Crippen LogP contribution in [0.1, 0.15) is 23.7 Å². The van der Waals surface area contributed by atoms with Gasteiger partial charge in [-0.25, -0.2) is 0 Å². The van der Waals surface area contributed by atoms with E-state index in [2.05, 4.69) is 64.9 Å². The molecule has 3 heteroatoms. The molecule has 24 heavy (non-hydrogen) atoms. The van der Waals surface area contributed by atoms with E-state index in [0.29, 0.717) is 5.92 Å². The Labute approximate surface area is 142 Å². The predicted molar refractivity (Wildman–Crippen MR) is 96.7 cm³/mol. The van der Waals surface area contributed by atoms with Gasteiger partial charge in [0.1, 0.15) is 0 Å². The van der Waals surface area contributed by atoms with Gasteiger partial charge >= 0.3 is 0 Å². The Kier molecular flexibility index (Phi) is 4.54. The number of benzene rings is 2. The summed E-state index contributed by atoms with van der Waals surface area (Å²) in [5.41, 5.74) is 3.63. The van der Waals surface area contributed by atoms with Crippen LogP contribution >= 0.6 is 0 Å². The second-order valence-electron chi connectivity index (χ2n) is 6.37. The van der Waals surface area contributed by atoms with Gasteiger partial charge in [0.2, 0.25) is 0 Å². The molecule has 0 radical (unpaired) electrons. The second kappa shape index (κ2) is 7.12. The van der Waals surface area contributed by atoms with Gasteiger partial charge in [0.15, 0.2) is 0 Å². The molecule has 0 spiro atoms. The molecule has 0 unspecified atom stereocenters. The predicted octanol–water partition coefficient (Wildman–Crippen LogP) is 4.10. The first-order valence-electron chi connectivity index (χ1n) is 8.62. The van der Waals surface area contributed by atoms with Gasteiger partial charge in [0, 0.05) is 37.2 Å². The standard InChI is InChI=1S/C21H22N2O/c1-2-6-17(7-3-1)21-19(11-13-24-21)15-22-14-18-9-4-8-16-10-5-12-23-20(16)18/h1-10,12,19,21-22H,11,13-15H2/t19-,21-/m1/s1. The van der Waals surface area contributed by atoms with E-state index >= 15 is 0 Å². The average Bonchev–Trinajstić information content (AvgIpc) is 3.11. The summed E-state index contributed by atoms with van der Waals surface area (Å²) in [4.78, 5) is 4.53. The molecule has 1 aromatic heterocycles. The summed E-state index contributed by atoms with van der Waals surface area (Å²) in [5.74, 6) is 0.523. The van der Waals surface area contributed by atoms with E-state index in [1.54, 1.807) is 0 Å². The fraction of sp³-hybridized carbons (Fsp3) is 0.286. The molecule has 1 fully saturated rings. The van der Waals surface area contributed by atoms with Crippen LogP contribution in [0.4, 0.5) is 0 Å². The first-order valence-corrected chi connectivity index (χ1v) is 8.62. The second-order valence-corrected chi connectivity index (χ2v) is 6.37. The number of aromatic nitrogens is 1. The molecule has 0 saturated carbocycles. The normalized spacial score (nSPS) is 20.5. The Morgan fingerprint density at radius 1 is 1.00 bits per heavy atom. The number of pyridine rings is 1. The summed E-state index contributed by atoms with van der Waals surface area (Å²) in [7, 11) is 0. The van der Waals surface area contributed by atoms with Crippen molar-refractivity contribution in [1.29, 1.82) is 0 Å². The zero-order valence-corrected chi connectivity index (χ0v) is 13.7. The van der Waals surface area contributed by atoms with Crippen LogP contribution in [0.5, 0.6) is 0 Å². The molecule has 1 aliphatic rings. The minimum Gasteiger partial charge on any atom is -0.373 e. The quantitative estimate of drug-likeness (QED) is 0.769. The number of hydrogen-bond donors (Lipinski definition) is 1. The number of ether oxygens (including phenoxy) is 1. The molecule has 1 N–H and O–H groups in total. The largest absolute Gasteiger partial charge is 0.373 e. The highest BCUT2D eigenvalue weighted by atomic mass is 16.5. The van der Waals surface area contributed by atoms with Crippen molar-refractivity contribution in [2.45, 2.75) is 19.1 Å². The first-order chi connectivity index (χ1) is 11.9. The van der Waals surface area contributed by atoms with Gasteiger partial charge < -0.3 is 10.1 Å². The lowest BCUT2D eigenvalue weighted by molar-refractivity contribution is 0.0904. The minimum atomic E-state index is 0.212. The highest BCUT2D eigenvalue weighted by molar-refractivity contribution is 5.81. The Balaban J connectivity index is 1.41. The van der Waals surface area contributed by atoms with Crippen LogP contribution in [0.2, 0.25) is 0 Å². The van der Waals surface area contributed by atoms with Gasteiger partial charge in [0.25, 0.3) is 0 Å². The molecule has 4 rings (SSSR count). The number of hydrogen-bond acceptors (Lipinski definition) is 3. The van der Waals surface area contributed by atoms with Crippen molar-refractivity contribution < 1.29 is 4.74 Å². The number of rotatable bonds is 5. The molecule has 122 valence electrons. The van der Waals surface area contributed by atoms with Crippen LogP contribution in [0.15, 0.2) is 66.9 Å². The molecule has 2 aromatic carbocycles. The van der Waals surface area contributed by atoms with Gasteiger partial charge in [-0.15, -0.1) is 0 Å². The maximum absolute atomic E-state index is 5.97. The lowest BCUT2D eigenvalue weighted by Crippen LogP contribution is -2.24. The number of fused-ring (bicyclic) bond motifs is 1. The summed E-state index contributed by atoms with van der Waals surface area (Å²) < 4.78 is 5.97. The van der Waals surface area contributed by atoms with Gasteiger partial charge in [-0.05, 0) is 23.6 Å². The summed E-state index contributed by atoms with van der Waals surface area (Å²) in [6, 6.07) is 21.0. The fourth-order valence-electron chi connectivity index (χ4n) is 3.56. The van der Waals surface area contributed by atoms with Crippen molar-refractivity contribution in [1.82, 2.24) is 10.3 Å². The van der Waals surface area contributed by atoms with Crippen molar-refractivity contribution in [2.24, 2.45) is 5.92 Å². The zero-order valence-electron chi connectivity index (χ0n) is 13.7. The van der Waals surface area contributed by atoms with Crippen LogP contribution in [0.25, 0.3) is 10.9 Å². The minimum absolute atomic E-state index is 0.212. The summed E-state index contributed by atoms with van der Waals surface area (Å²) in [5, 5.41) is 4.81. The molecular weight excluding hydrogens is 296 g/mol. The monoisotopic (exact) mass is 318 g/mol. The SMILES string of the molecule is c1ccc([C@H]2OCC[C@@H]2CNCc2cccc3cccnc23)cc1.